The van der Waals surface area contributed by atoms with E-state index in [1.165, 1.54) is 18.2 Å². The molecule has 0 aliphatic carbocycles. The molecule has 9 heteroatoms. The van der Waals surface area contributed by atoms with Gasteiger partial charge in [0.25, 0.3) is 0 Å². The maximum Gasteiger partial charge on any atom is 0.402 e. The van der Waals surface area contributed by atoms with Crippen LogP contribution in [-0.2, 0) is 10.0 Å². The van der Waals surface area contributed by atoms with Crippen LogP contribution in [0.3, 0.4) is 0 Å². The Morgan fingerprint density at radius 2 is 1.90 bits per heavy atom. The van der Waals surface area contributed by atoms with Crippen molar-refractivity contribution in [3.05, 3.63) is 22.7 Å². The normalized spacial score (nSPS) is 13.1. The number of nitrogens with zero attached hydrogens (tertiary/aromatic N) is 1. The van der Waals surface area contributed by atoms with Crippen LogP contribution in [0.1, 0.15) is 13.8 Å². The first-order chi connectivity index (χ1) is 9.43. The molecule has 4 nitrogen and oxygen atoms in total. The third-order valence-corrected chi connectivity index (χ3v) is 4.89. The minimum atomic E-state index is -4.62. The molecule has 1 aromatic carbocycles. The molecular weight excluding hydrogens is 373 g/mol. The summed E-state index contributed by atoms with van der Waals surface area (Å²) in [5, 5.41) is 0. The van der Waals surface area contributed by atoms with E-state index in [1.54, 1.807) is 13.8 Å². The van der Waals surface area contributed by atoms with Crippen LogP contribution in [0.25, 0.3) is 0 Å². The number of hydrogen-bond acceptors (Lipinski definition) is 3. The minimum Gasteiger partial charge on any atom is -0.398 e. The fourth-order valence-electron chi connectivity index (χ4n) is 1.75. The molecule has 0 saturated heterocycles. The van der Waals surface area contributed by atoms with E-state index in [0.29, 0.717) is 8.78 Å². The second-order valence-corrected chi connectivity index (χ2v) is 7.81. The third kappa shape index (κ3) is 5.15. The first-order valence-corrected chi connectivity index (χ1v) is 8.28. The summed E-state index contributed by atoms with van der Waals surface area (Å²) in [6.07, 6.45) is -4.62. The Bertz CT molecular complexity index is 603. The number of sulfonamides is 1. The van der Waals surface area contributed by atoms with Crippen molar-refractivity contribution in [2.45, 2.75) is 24.9 Å². The zero-order chi connectivity index (χ0) is 16.4. The standard InChI is InChI=1S/C12H16BrF3N2O2S/c1-8(2)6-18(7-12(14,15)16)21(19,20)11-4-3-9(13)5-10(11)17/h3-5,8H,6-7,17H2,1-2H3. The van der Waals surface area contributed by atoms with E-state index < -0.39 is 22.7 Å². The summed E-state index contributed by atoms with van der Waals surface area (Å²) in [5.41, 5.74) is 5.53. The highest BCUT2D eigenvalue weighted by Crippen LogP contribution is 2.28. The van der Waals surface area contributed by atoms with Gasteiger partial charge < -0.3 is 5.73 Å². The molecule has 0 fully saturated rings. The molecule has 0 bridgehead atoms. The molecule has 0 atom stereocenters. The van der Waals surface area contributed by atoms with Crippen LogP contribution in [0.4, 0.5) is 18.9 Å². The lowest BCUT2D eigenvalue weighted by molar-refractivity contribution is -0.136. The Balaban J connectivity index is 3.26. The molecule has 0 spiro atoms. The van der Waals surface area contributed by atoms with Crippen LogP contribution >= 0.6 is 15.9 Å². The quantitative estimate of drug-likeness (QED) is 0.787. The van der Waals surface area contributed by atoms with Gasteiger partial charge in [-0.2, -0.15) is 17.5 Å². The number of hydrogen-bond donors (Lipinski definition) is 1. The predicted molar refractivity (Wildman–Crippen MR) is 78.2 cm³/mol. The van der Waals surface area contributed by atoms with Gasteiger partial charge in [-0.15, -0.1) is 0 Å². The molecule has 0 amide bonds. The van der Waals surface area contributed by atoms with Crippen molar-refractivity contribution in [2.24, 2.45) is 5.92 Å². The number of rotatable bonds is 5. The summed E-state index contributed by atoms with van der Waals surface area (Å²) in [6.45, 7) is 1.51. The van der Waals surface area contributed by atoms with E-state index in [-0.39, 0.29) is 23.0 Å². The van der Waals surface area contributed by atoms with E-state index in [9.17, 15) is 21.6 Å². The minimum absolute atomic E-state index is 0.0969. The SMILES string of the molecule is CC(C)CN(CC(F)(F)F)S(=O)(=O)c1ccc(Br)cc1N. The van der Waals surface area contributed by atoms with Gasteiger partial charge in [0.05, 0.1) is 5.69 Å². The highest BCUT2D eigenvalue weighted by molar-refractivity contribution is 9.10. The van der Waals surface area contributed by atoms with Crippen LogP contribution in [0.5, 0.6) is 0 Å². The van der Waals surface area contributed by atoms with E-state index in [2.05, 4.69) is 15.9 Å². The maximum absolute atomic E-state index is 12.6. The van der Waals surface area contributed by atoms with E-state index in [4.69, 9.17) is 5.73 Å². The summed E-state index contributed by atoms with van der Waals surface area (Å²) in [7, 11) is -4.31. The Hall–Kier alpha value is -0.800. The summed E-state index contributed by atoms with van der Waals surface area (Å²) >= 11 is 3.12. The lowest BCUT2D eigenvalue weighted by Crippen LogP contribution is -2.41. The predicted octanol–water partition coefficient (Wildman–Crippen LogP) is 3.24. The van der Waals surface area contributed by atoms with Gasteiger partial charge in [-0.05, 0) is 24.1 Å². The van der Waals surface area contributed by atoms with Gasteiger partial charge in [0.1, 0.15) is 11.4 Å². The van der Waals surface area contributed by atoms with Crippen molar-refractivity contribution in [2.75, 3.05) is 18.8 Å². The number of nitrogens with two attached hydrogens (primary N) is 1. The smallest absolute Gasteiger partial charge is 0.398 e. The Morgan fingerprint density at radius 1 is 1.33 bits per heavy atom. The van der Waals surface area contributed by atoms with Crippen LogP contribution in [0.15, 0.2) is 27.6 Å². The monoisotopic (exact) mass is 388 g/mol. The number of halogens is 4. The van der Waals surface area contributed by atoms with E-state index >= 15 is 0 Å². The van der Waals surface area contributed by atoms with Crippen molar-refractivity contribution in [1.82, 2.24) is 4.31 Å². The van der Waals surface area contributed by atoms with E-state index in [1.807, 2.05) is 0 Å². The summed E-state index contributed by atoms with van der Waals surface area (Å²) in [4.78, 5) is -0.324. The molecule has 0 aliphatic rings. The average molecular weight is 389 g/mol. The second-order valence-electron chi connectivity index (χ2n) is 4.99. The lowest BCUT2D eigenvalue weighted by Gasteiger charge is -2.25. The van der Waals surface area contributed by atoms with Gasteiger partial charge in [0, 0.05) is 11.0 Å². The van der Waals surface area contributed by atoms with Crippen LogP contribution in [0.2, 0.25) is 0 Å². The Kier molecular flexibility index (Phi) is 5.68. The summed E-state index contributed by atoms with van der Waals surface area (Å²) < 4.78 is 63.6. The first kappa shape index (κ1) is 18.2. The fourth-order valence-corrected chi connectivity index (χ4v) is 3.81. The highest BCUT2D eigenvalue weighted by atomic mass is 79.9. The Labute approximate surface area is 130 Å². The number of benzene rings is 1. The summed E-state index contributed by atoms with van der Waals surface area (Å²) in [6, 6.07) is 3.96. The largest absolute Gasteiger partial charge is 0.402 e. The molecule has 120 valence electrons. The van der Waals surface area contributed by atoms with Crippen molar-refractivity contribution in [1.29, 1.82) is 0 Å². The number of nitrogen functional groups attached to an aromatic ring is 1. The Morgan fingerprint density at radius 3 is 2.33 bits per heavy atom. The zero-order valence-corrected chi connectivity index (χ0v) is 13.9. The molecule has 0 unspecified atom stereocenters. The van der Waals surface area contributed by atoms with Gasteiger partial charge in [0.2, 0.25) is 10.0 Å². The van der Waals surface area contributed by atoms with Crippen LogP contribution < -0.4 is 5.73 Å². The molecule has 0 heterocycles. The van der Waals surface area contributed by atoms with Gasteiger partial charge in [0.15, 0.2) is 0 Å². The van der Waals surface area contributed by atoms with Gasteiger partial charge in [-0.25, -0.2) is 8.42 Å². The van der Waals surface area contributed by atoms with Crippen molar-refractivity contribution in [3.63, 3.8) is 0 Å². The van der Waals surface area contributed by atoms with Crippen molar-refractivity contribution in [3.8, 4) is 0 Å². The first-order valence-electron chi connectivity index (χ1n) is 6.05. The van der Waals surface area contributed by atoms with Gasteiger partial charge in [-0.1, -0.05) is 29.8 Å². The molecule has 1 rings (SSSR count). The highest BCUT2D eigenvalue weighted by Gasteiger charge is 2.37. The summed E-state index contributed by atoms with van der Waals surface area (Å²) in [5.74, 6) is -0.251. The van der Waals surface area contributed by atoms with E-state index in [0.717, 1.165) is 0 Å². The molecule has 0 saturated carbocycles. The molecule has 0 radical (unpaired) electrons. The topological polar surface area (TPSA) is 63.4 Å². The average Bonchev–Trinajstić information content (AvgIpc) is 2.24. The fraction of sp³-hybridized carbons (Fsp3) is 0.500. The molecular formula is C12H16BrF3N2O2S. The molecule has 0 aliphatic heterocycles. The number of alkyl halides is 3. The molecule has 1 aromatic rings. The molecule has 0 aromatic heterocycles. The maximum atomic E-state index is 12.6. The molecule has 2 N–H and O–H groups in total. The van der Waals surface area contributed by atoms with Crippen LogP contribution in [0, 0.1) is 5.92 Å². The van der Waals surface area contributed by atoms with Crippen LogP contribution in [-0.4, -0.2) is 32.0 Å². The zero-order valence-electron chi connectivity index (χ0n) is 11.5. The van der Waals surface area contributed by atoms with Gasteiger partial charge >= 0.3 is 6.18 Å². The molecule has 21 heavy (non-hydrogen) atoms. The second kappa shape index (κ2) is 6.53. The third-order valence-electron chi connectivity index (χ3n) is 2.51. The van der Waals surface area contributed by atoms with Gasteiger partial charge in [-0.3, -0.25) is 0 Å². The number of anilines is 1. The lowest BCUT2D eigenvalue weighted by atomic mass is 10.2. The van der Waals surface area contributed by atoms with Crippen molar-refractivity contribution < 1.29 is 21.6 Å². The van der Waals surface area contributed by atoms with Crippen molar-refractivity contribution >= 4 is 31.6 Å².